The Balaban J connectivity index is 2.35. The van der Waals surface area contributed by atoms with E-state index >= 15 is 0 Å². The summed E-state index contributed by atoms with van der Waals surface area (Å²) in [5.74, 6) is -1.48. The summed E-state index contributed by atoms with van der Waals surface area (Å²) < 4.78 is 26.1. The van der Waals surface area contributed by atoms with Gasteiger partial charge < -0.3 is 5.11 Å². The summed E-state index contributed by atoms with van der Waals surface area (Å²) in [6.45, 7) is 0. The first-order valence-corrected chi connectivity index (χ1v) is 5.24. The van der Waals surface area contributed by atoms with Crippen molar-refractivity contribution in [3.05, 3.63) is 70.8 Å². The van der Waals surface area contributed by atoms with Crippen molar-refractivity contribution in [2.75, 3.05) is 0 Å². The number of nitriles is 1. The Bertz CT molecular complexity index is 582. The third-order valence-corrected chi connectivity index (χ3v) is 2.56. The second kappa shape index (κ2) is 4.94. The molecule has 0 aliphatic carbocycles. The Morgan fingerprint density at radius 1 is 0.944 bits per heavy atom. The van der Waals surface area contributed by atoms with Crippen molar-refractivity contribution in [1.29, 1.82) is 5.26 Å². The Kier molecular flexibility index (Phi) is 3.35. The highest BCUT2D eigenvalue weighted by molar-refractivity contribution is 5.36. The number of rotatable bonds is 2. The van der Waals surface area contributed by atoms with Crippen molar-refractivity contribution in [3.8, 4) is 6.07 Å². The molecule has 1 N–H and O–H groups in total. The number of aliphatic hydroxyl groups excluding tert-OH is 1. The fourth-order valence-electron chi connectivity index (χ4n) is 1.67. The quantitative estimate of drug-likeness (QED) is 0.884. The first-order valence-electron chi connectivity index (χ1n) is 5.24. The van der Waals surface area contributed by atoms with Gasteiger partial charge in [-0.25, -0.2) is 8.78 Å². The number of nitrogens with zero attached hydrogens (tertiary/aromatic N) is 1. The van der Waals surface area contributed by atoms with Gasteiger partial charge >= 0.3 is 0 Å². The molecule has 2 aromatic rings. The Morgan fingerprint density at radius 2 is 1.50 bits per heavy atom. The predicted octanol–water partition coefficient (Wildman–Crippen LogP) is 2.92. The highest BCUT2D eigenvalue weighted by Crippen LogP contribution is 2.23. The van der Waals surface area contributed by atoms with Crippen LogP contribution in [0.1, 0.15) is 22.8 Å². The van der Waals surface area contributed by atoms with Gasteiger partial charge in [0.1, 0.15) is 17.7 Å². The molecule has 1 unspecified atom stereocenters. The average molecular weight is 245 g/mol. The summed E-state index contributed by atoms with van der Waals surface area (Å²) in [6.07, 6.45) is -1.12. The monoisotopic (exact) mass is 245 g/mol. The van der Waals surface area contributed by atoms with E-state index in [-0.39, 0.29) is 5.56 Å². The van der Waals surface area contributed by atoms with E-state index in [4.69, 9.17) is 5.26 Å². The SMILES string of the molecule is N#Cc1ccc(C(O)c2cc(F)cc(F)c2)cc1. The largest absolute Gasteiger partial charge is 0.384 e. The van der Waals surface area contributed by atoms with Crippen molar-refractivity contribution in [1.82, 2.24) is 0 Å². The molecule has 0 spiro atoms. The van der Waals surface area contributed by atoms with Gasteiger partial charge in [-0.2, -0.15) is 5.26 Å². The molecule has 0 saturated carbocycles. The number of hydrogen-bond acceptors (Lipinski definition) is 2. The van der Waals surface area contributed by atoms with Gasteiger partial charge in [0.05, 0.1) is 11.6 Å². The lowest BCUT2D eigenvalue weighted by Gasteiger charge is -2.11. The molecule has 0 aromatic heterocycles. The van der Waals surface area contributed by atoms with Gasteiger partial charge in [0.25, 0.3) is 0 Å². The van der Waals surface area contributed by atoms with Crippen LogP contribution in [0.3, 0.4) is 0 Å². The molecular formula is C14H9F2NO. The molecule has 18 heavy (non-hydrogen) atoms. The molecule has 2 aromatic carbocycles. The van der Waals surface area contributed by atoms with Gasteiger partial charge in [-0.05, 0) is 35.4 Å². The minimum atomic E-state index is -1.12. The van der Waals surface area contributed by atoms with Crippen LogP contribution in [0.15, 0.2) is 42.5 Å². The van der Waals surface area contributed by atoms with Gasteiger partial charge in [-0.15, -0.1) is 0 Å². The summed E-state index contributed by atoms with van der Waals surface area (Å²) in [5.41, 5.74) is 1.06. The molecule has 0 fully saturated rings. The standard InChI is InChI=1S/C14H9F2NO/c15-12-5-11(6-13(16)7-12)14(18)10-3-1-9(8-17)2-4-10/h1-7,14,18H. The average Bonchev–Trinajstić information content (AvgIpc) is 2.37. The molecule has 4 heteroatoms. The summed E-state index contributed by atoms with van der Waals surface area (Å²) >= 11 is 0. The number of benzene rings is 2. The van der Waals surface area contributed by atoms with Crippen molar-refractivity contribution in [2.45, 2.75) is 6.10 Å². The summed E-state index contributed by atoms with van der Waals surface area (Å²) in [5, 5.41) is 18.6. The molecule has 0 bridgehead atoms. The van der Waals surface area contributed by atoms with Gasteiger partial charge in [-0.3, -0.25) is 0 Å². The third-order valence-electron chi connectivity index (χ3n) is 2.56. The van der Waals surface area contributed by atoms with Crippen LogP contribution in [0.4, 0.5) is 8.78 Å². The molecule has 2 rings (SSSR count). The van der Waals surface area contributed by atoms with Crippen LogP contribution in [0.25, 0.3) is 0 Å². The van der Waals surface area contributed by atoms with Crippen molar-refractivity contribution < 1.29 is 13.9 Å². The third kappa shape index (κ3) is 2.53. The molecule has 90 valence electrons. The molecule has 0 radical (unpaired) electrons. The van der Waals surface area contributed by atoms with E-state index < -0.39 is 17.7 Å². The topological polar surface area (TPSA) is 44.0 Å². The minimum absolute atomic E-state index is 0.136. The fourth-order valence-corrected chi connectivity index (χ4v) is 1.67. The molecule has 0 saturated heterocycles. The smallest absolute Gasteiger partial charge is 0.126 e. The van der Waals surface area contributed by atoms with E-state index in [2.05, 4.69) is 0 Å². The van der Waals surface area contributed by atoms with Crippen LogP contribution in [-0.4, -0.2) is 5.11 Å². The highest BCUT2D eigenvalue weighted by Gasteiger charge is 2.12. The summed E-state index contributed by atoms with van der Waals surface area (Å²) in [4.78, 5) is 0. The van der Waals surface area contributed by atoms with E-state index in [9.17, 15) is 13.9 Å². The molecule has 0 heterocycles. The highest BCUT2D eigenvalue weighted by atomic mass is 19.1. The lowest BCUT2D eigenvalue weighted by molar-refractivity contribution is 0.219. The zero-order valence-corrected chi connectivity index (χ0v) is 9.27. The van der Waals surface area contributed by atoms with Gasteiger partial charge in [-0.1, -0.05) is 12.1 Å². The first kappa shape index (κ1) is 12.2. The number of aliphatic hydroxyl groups is 1. The zero-order valence-electron chi connectivity index (χ0n) is 9.27. The van der Waals surface area contributed by atoms with Gasteiger partial charge in [0, 0.05) is 6.07 Å². The number of hydrogen-bond donors (Lipinski definition) is 1. The molecular weight excluding hydrogens is 236 g/mol. The lowest BCUT2D eigenvalue weighted by Crippen LogP contribution is -2.01. The summed E-state index contributed by atoms with van der Waals surface area (Å²) in [7, 11) is 0. The maximum absolute atomic E-state index is 13.0. The van der Waals surface area contributed by atoms with E-state index in [0.717, 1.165) is 18.2 Å². The van der Waals surface area contributed by atoms with E-state index in [1.807, 2.05) is 6.07 Å². The van der Waals surface area contributed by atoms with Crippen LogP contribution >= 0.6 is 0 Å². The number of halogens is 2. The lowest BCUT2D eigenvalue weighted by atomic mass is 10.0. The van der Waals surface area contributed by atoms with Crippen LogP contribution in [0.5, 0.6) is 0 Å². The van der Waals surface area contributed by atoms with Crippen LogP contribution in [0.2, 0.25) is 0 Å². The molecule has 1 atom stereocenters. The van der Waals surface area contributed by atoms with E-state index in [0.29, 0.717) is 11.1 Å². The van der Waals surface area contributed by atoms with Crippen LogP contribution < -0.4 is 0 Å². The van der Waals surface area contributed by atoms with Crippen molar-refractivity contribution in [2.24, 2.45) is 0 Å². The van der Waals surface area contributed by atoms with E-state index in [1.165, 1.54) is 12.1 Å². The molecule has 0 aliphatic heterocycles. The van der Waals surface area contributed by atoms with Crippen LogP contribution in [0, 0.1) is 23.0 Å². The van der Waals surface area contributed by atoms with Crippen molar-refractivity contribution >= 4 is 0 Å². The molecule has 0 aliphatic rings. The second-order valence-electron chi connectivity index (χ2n) is 3.84. The Morgan fingerprint density at radius 3 is 2.00 bits per heavy atom. The van der Waals surface area contributed by atoms with Crippen molar-refractivity contribution in [3.63, 3.8) is 0 Å². The molecule has 2 nitrogen and oxygen atoms in total. The Labute approximate surface area is 103 Å². The first-order chi connectivity index (χ1) is 8.60. The summed E-state index contributed by atoms with van der Waals surface area (Å²) in [6, 6.07) is 11.0. The van der Waals surface area contributed by atoms with E-state index in [1.54, 1.807) is 12.1 Å². The Hall–Kier alpha value is -2.25. The van der Waals surface area contributed by atoms with Crippen LogP contribution in [-0.2, 0) is 0 Å². The molecule has 0 amide bonds. The van der Waals surface area contributed by atoms with Gasteiger partial charge in [0.2, 0.25) is 0 Å². The zero-order chi connectivity index (χ0) is 13.1. The second-order valence-corrected chi connectivity index (χ2v) is 3.84. The maximum atomic E-state index is 13.0. The normalized spacial score (nSPS) is 11.9. The van der Waals surface area contributed by atoms with Gasteiger partial charge in [0.15, 0.2) is 0 Å². The fraction of sp³-hybridized carbons (Fsp3) is 0.0714. The maximum Gasteiger partial charge on any atom is 0.126 e. The minimum Gasteiger partial charge on any atom is -0.384 e. The predicted molar refractivity (Wildman–Crippen MR) is 61.6 cm³/mol.